The number of nitrogens with zero attached hydrogens (tertiary/aromatic N) is 2. The minimum atomic E-state index is -0.108. The second-order valence-electron chi connectivity index (χ2n) is 4.81. The summed E-state index contributed by atoms with van der Waals surface area (Å²) in [5.41, 5.74) is 14.2. The van der Waals surface area contributed by atoms with Gasteiger partial charge in [0.1, 0.15) is 0 Å². The number of aromatic nitrogens is 2. The Labute approximate surface area is 134 Å². The van der Waals surface area contributed by atoms with Crippen molar-refractivity contribution in [1.82, 2.24) is 9.78 Å². The normalized spacial score (nSPS) is 9.61. The third kappa shape index (κ3) is 4.89. The Kier molecular flexibility index (Phi) is 5.35. The lowest BCUT2D eigenvalue weighted by atomic mass is 10.3. The molecule has 3 rings (SSSR count). The number of hydrogen-bond donors (Lipinski definition) is 3. The van der Waals surface area contributed by atoms with Gasteiger partial charge in [0.15, 0.2) is 0 Å². The van der Waals surface area contributed by atoms with Crippen molar-refractivity contribution in [2.75, 3.05) is 16.8 Å². The Morgan fingerprint density at radius 1 is 1.09 bits per heavy atom. The fourth-order valence-corrected chi connectivity index (χ4v) is 1.89. The summed E-state index contributed by atoms with van der Waals surface area (Å²) in [6, 6.07) is 16.6. The number of nitrogen functional groups attached to an aromatic ring is 2. The number of rotatable bonds is 2. The molecule has 6 heteroatoms. The fourth-order valence-electron chi connectivity index (χ4n) is 1.89. The monoisotopic (exact) mass is 309 g/mol. The molecule has 0 unspecified atom stereocenters. The largest absolute Gasteiger partial charge is 0.399 e. The predicted octanol–water partition coefficient (Wildman–Crippen LogP) is 2.68. The number of nitrogens with two attached hydrogens (primary N) is 2. The summed E-state index contributed by atoms with van der Waals surface area (Å²) in [5, 5.41) is 6.70. The first-order chi connectivity index (χ1) is 11.1. The molecular formula is C17H19N5O. The van der Waals surface area contributed by atoms with Crippen LogP contribution in [0.5, 0.6) is 0 Å². The van der Waals surface area contributed by atoms with E-state index in [0.717, 1.165) is 11.4 Å². The van der Waals surface area contributed by atoms with E-state index in [1.807, 2.05) is 48.7 Å². The van der Waals surface area contributed by atoms with E-state index >= 15 is 0 Å². The number of benzene rings is 2. The first kappa shape index (κ1) is 16.1. The number of carbonyl (C=O) groups is 1. The Bertz CT molecular complexity index is 768. The Balaban J connectivity index is 0.000000168. The van der Waals surface area contributed by atoms with E-state index in [0.29, 0.717) is 11.4 Å². The van der Waals surface area contributed by atoms with Crippen LogP contribution >= 0.6 is 0 Å². The van der Waals surface area contributed by atoms with Crippen LogP contribution in [0.2, 0.25) is 0 Å². The van der Waals surface area contributed by atoms with Gasteiger partial charge in [0, 0.05) is 25.0 Å². The molecule has 0 saturated heterocycles. The van der Waals surface area contributed by atoms with E-state index in [4.69, 9.17) is 11.5 Å². The van der Waals surface area contributed by atoms with Gasteiger partial charge >= 0.3 is 0 Å². The molecular weight excluding hydrogens is 290 g/mol. The maximum absolute atomic E-state index is 10.6. The van der Waals surface area contributed by atoms with Gasteiger partial charge in [-0.05, 0) is 36.4 Å². The van der Waals surface area contributed by atoms with Gasteiger partial charge in [0.2, 0.25) is 5.91 Å². The van der Waals surface area contributed by atoms with Crippen molar-refractivity contribution in [1.29, 1.82) is 0 Å². The second kappa shape index (κ2) is 7.65. The van der Waals surface area contributed by atoms with Crippen LogP contribution in [-0.4, -0.2) is 15.7 Å². The topological polar surface area (TPSA) is 99.0 Å². The minimum Gasteiger partial charge on any atom is -0.399 e. The highest BCUT2D eigenvalue weighted by Gasteiger charge is 1.97. The molecule has 0 radical (unpaired) electrons. The van der Waals surface area contributed by atoms with Gasteiger partial charge in [-0.1, -0.05) is 18.2 Å². The second-order valence-corrected chi connectivity index (χ2v) is 4.81. The minimum absolute atomic E-state index is 0.108. The molecule has 0 spiro atoms. The van der Waals surface area contributed by atoms with Gasteiger partial charge in [-0.15, -0.1) is 0 Å². The highest BCUT2D eigenvalue weighted by molar-refractivity contribution is 5.91. The van der Waals surface area contributed by atoms with Crippen molar-refractivity contribution in [3.63, 3.8) is 0 Å². The molecule has 5 N–H and O–H groups in total. The smallest absolute Gasteiger partial charge is 0.221 e. The van der Waals surface area contributed by atoms with Gasteiger partial charge in [-0.25, -0.2) is 4.68 Å². The molecule has 0 aliphatic heterocycles. The number of anilines is 3. The number of amides is 1. The molecule has 0 aliphatic rings. The summed E-state index contributed by atoms with van der Waals surface area (Å²) < 4.78 is 1.77. The molecule has 23 heavy (non-hydrogen) atoms. The van der Waals surface area contributed by atoms with E-state index in [1.54, 1.807) is 23.0 Å². The first-order valence-electron chi connectivity index (χ1n) is 7.04. The lowest BCUT2D eigenvalue weighted by Crippen LogP contribution is -2.07. The summed E-state index contributed by atoms with van der Waals surface area (Å²) in [6.07, 6.45) is 3.62. The van der Waals surface area contributed by atoms with E-state index in [1.165, 1.54) is 6.92 Å². The number of carbonyl (C=O) groups excluding carboxylic acids is 1. The van der Waals surface area contributed by atoms with Crippen molar-refractivity contribution >= 4 is 23.0 Å². The van der Waals surface area contributed by atoms with Gasteiger partial charge in [-0.2, -0.15) is 5.10 Å². The van der Waals surface area contributed by atoms with Crippen molar-refractivity contribution in [3.8, 4) is 5.69 Å². The van der Waals surface area contributed by atoms with E-state index in [-0.39, 0.29) is 5.91 Å². The Morgan fingerprint density at radius 3 is 2.48 bits per heavy atom. The van der Waals surface area contributed by atoms with Crippen molar-refractivity contribution in [2.24, 2.45) is 0 Å². The molecule has 1 heterocycles. The van der Waals surface area contributed by atoms with Gasteiger partial charge in [-0.3, -0.25) is 4.79 Å². The maximum Gasteiger partial charge on any atom is 0.221 e. The van der Waals surface area contributed by atoms with E-state index in [9.17, 15) is 4.79 Å². The number of hydrogen-bond acceptors (Lipinski definition) is 4. The summed E-state index contributed by atoms with van der Waals surface area (Å²) in [4.78, 5) is 10.6. The average molecular weight is 309 g/mol. The first-order valence-corrected chi connectivity index (χ1v) is 7.04. The molecule has 2 aromatic carbocycles. The molecule has 1 amide bonds. The Hall–Kier alpha value is -3.28. The zero-order chi connectivity index (χ0) is 16.7. The van der Waals surface area contributed by atoms with Crippen LogP contribution in [0.3, 0.4) is 0 Å². The quantitative estimate of drug-likeness (QED) is 0.634. The molecule has 6 nitrogen and oxygen atoms in total. The van der Waals surface area contributed by atoms with Crippen molar-refractivity contribution in [2.45, 2.75) is 6.92 Å². The molecule has 1 aromatic heterocycles. The highest BCUT2D eigenvalue weighted by atomic mass is 16.1. The lowest BCUT2D eigenvalue weighted by molar-refractivity contribution is -0.114. The van der Waals surface area contributed by atoms with Crippen LogP contribution in [0, 0.1) is 0 Å². The summed E-state index contributed by atoms with van der Waals surface area (Å²) in [5.74, 6) is -0.108. The van der Waals surface area contributed by atoms with Crippen LogP contribution in [0.1, 0.15) is 6.92 Å². The molecule has 3 aromatic rings. The molecule has 0 atom stereocenters. The van der Waals surface area contributed by atoms with Gasteiger partial charge < -0.3 is 16.8 Å². The third-order valence-electron chi connectivity index (χ3n) is 2.91. The summed E-state index contributed by atoms with van der Waals surface area (Å²) in [7, 11) is 0. The summed E-state index contributed by atoms with van der Waals surface area (Å²) >= 11 is 0. The van der Waals surface area contributed by atoms with Crippen LogP contribution in [-0.2, 0) is 4.79 Å². The van der Waals surface area contributed by atoms with E-state index in [2.05, 4.69) is 10.4 Å². The third-order valence-corrected chi connectivity index (χ3v) is 2.91. The zero-order valence-corrected chi connectivity index (χ0v) is 12.8. The Morgan fingerprint density at radius 2 is 1.87 bits per heavy atom. The van der Waals surface area contributed by atoms with Crippen molar-refractivity contribution in [3.05, 3.63) is 67.0 Å². The lowest BCUT2D eigenvalue weighted by Gasteiger charge is -2.03. The predicted molar refractivity (Wildman–Crippen MR) is 93.1 cm³/mol. The molecule has 0 aliphatic carbocycles. The van der Waals surface area contributed by atoms with Crippen LogP contribution < -0.4 is 16.8 Å². The zero-order valence-electron chi connectivity index (χ0n) is 12.8. The van der Waals surface area contributed by atoms with E-state index < -0.39 is 0 Å². The van der Waals surface area contributed by atoms with Crippen LogP contribution in [0.4, 0.5) is 17.1 Å². The molecule has 0 saturated carbocycles. The van der Waals surface area contributed by atoms with Crippen molar-refractivity contribution < 1.29 is 4.79 Å². The molecule has 118 valence electrons. The number of nitrogens with one attached hydrogen (secondary N) is 1. The standard InChI is InChI=1S/C9H9N3.C8H10N2O/c10-8-3-1-4-9(7-8)12-6-2-5-11-12;1-6(11)10-8-5-3-2-4-7(8)9/h1-7H,10H2;2-5H,9H2,1H3,(H,10,11). The van der Waals surface area contributed by atoms with Gasteiger partial charge in [0.05, 0.1) is 17.1 Å². The highest BCUT2D eigenvalue weighted by Crippen LogP contribution is 2.15. The van der Waals surface area contributed by atoms with Gasteiger partial charge in [0.25, 0.3) is 0 Å². The number of para-hydroxylation sites is 2. The average Bonchev–Trinajstić information content (AvgIpc) is 3.04. The van der Waals surface area contributed by atoms with Crippen LogP contribution in [0.15, 0.2) is 67.0 Å². The summed E-state index contributed by atoms with van der Waals surface area (Å²) in [6.45, 7) is 1.45. The SMILES string of the molecule is CC(=O)Nc1ccccc1N.Nc1cccc(-n2cccn2)c1. The molecule has 0 fully saturated rings. The maximum atomic E-state index is 10.6. The fraction of sp³-hybridized carbons (Fsp3) is 0.0588. The van der Waals surface area contributed by atoms with Crippen LogP contribution in [0.25, 0.3) is 5.69 Å². The molecule has 0 bridgehead atoms.